The largest absolute Gasteiger partial charge is 0.0616 e. The van der Waals surface area contributed by atoms with Gasteiger partial charge in [0.1, 0.15) is 0 Å². The van der Waals surface area contributed by atoms with Gasteiger partial charge in [0, 0.05) is 10.8 Å². The zero-order valence-corrected chi connectivity index (χ0v) is 40.0. The van der Waals surface area contributed by atoms with Gasteiger partial charge < -0.3 is 0 Å². The van der Waals surface area contributed by atoms with Crippen molar-refractivity contribution in [3.05, 3.63) is 191 Å². The number of hydrogen-bond acceptors (Lipinski definition) is 0. The van der Waals surface area contributed by atoms with E-state index >= 15 is 0 Å². The van der Waals surface area contributed by atoms with E-state index in [-0.39, 0.29) is 21.7 Å². The van der Waals surface area contributed by atoms with E-state index < -0.39 is 0 Å². The summed E-state index contributed by atoms with van der Waals surface area (Å²) in [6.07, 6.45) is 0. The molecule has 0 spiro atoms. The highest BCUT2D eigenvalue weighted by molar-refractivity contribution is 6.31. The molecule has 320 valence electrons. The van der Waals surface area contributed by atoms with Crippen LogP contribution in [0.5, 0.6) is 0 Å². The molecule has 3 aliphatic carbocycles. The minimum Gasteiger partial charge on any atom is -0.0616 e. The van der Waals surface area contributed by atoms with Gasteiger partial charge in [-0.05, 0) is 184 Å². The van der Waals surface area contributed by atoms with Crippen LogP contribution >= 0.6 is 0 Å². The summed E-state index contributed by atoms with van der Waals surface area (Å²) in [6.45, 7) is 23.7. The Morgan fingerprint density at radius 3 is 1.23 bits per heavy atom. The van der Waals surface area contributed by atoms with Crippen LogP contribution in [0.2, 0.25) is 0 Å². The Kier molecular flexibility index (Phi) is 7.79. The fourth-order valence-corrected chi connectivity index (χ4v) is 12.6. The molecule has 13 rings (SSSR count). The van der Waals surface area contributed by atoms with Crippen LogP contribution in [0.15, 0.2) is 158 Å². The second-order valence-corrected chi connectivity index (χ2v) is 22.9. The Hall–Kier alpha value is -6.76. The van der Waals surface area contributed by atoms with Crippen molar-refractivity contribution in [2.45, 2.75) is 90.9 Å². The van der Waals surface area contributed by atoms with E-state index in [1.807, 2.05) is 0 Å². The number of rotatable bonds is 2. The Morgan fingerprint density at radius 2 is 0.727 bits per heavy atom. The quantitative estimate of drug-likeness (QED) is 0.120. The zero-order chi connectivity index (χ0) is 45.4. The lowest BCUT2D eigenvalue weighted by Crippen LogP contribution is -2.17. The third kappa shape index (κ3) is 5.28. The normalized spacial score (nSPS) is 15.1. The molecule has 10 aromatic carbocycles. The first-order chi connectivity index (χ1) is 31.5. The van der Waals surface area contributed by atoms with Gasteiger partial charge in [-0.2, -0.15) is 0 Å². The minimum atomic E-state index is -0.158. The smallest absolute Gasteiger partial charge is 0.0159 e. The minimum absolute atomic E-state index is 0.0730. The Morgan fingerprint density at radius 1 is 0.303 bits per heavy atom. The summed E-state index contributed by atoms with van der Waals surface area (Å²) in [7, 11) is 0. The summed E-state index contributed by atoms with van der Waals surface area (Å²) in [5, 5.41) is 10.4. The van der Waals surface area contributed by atoms with E-state index in [4.69, 9.17) is 0 Å². The fourth-order valence-electron chi connectivity index (χ4n) is 12.6. The summed E-state index contributed by atoms with van der Waals surface area (Å²) in [5.74, 6) is 0. The molecule has 0 radical (unpaired) electrons. The maximum Gasteiger partial charge on any atom is 0.0159 e. The maximum atomic E-state index is 2.57. The van der Waals surface area contributed by atoms with E-state index in [1.54, 1.807) is 0 Å². The molecule has 0 unspecified atom stereocenters. The molecular formula is C66H56. The van der Waals surface area contributed by atoms with Crippen molar-refractivity contribution in [3.8, 4) is 66.8 Å². The Bertz CT molecular complexity index is 3810. The lowest BCUT2D eigenvalue weighted by Gasteiger charge is -2.26. The topological polar surface area (TPSA) is 0 Å². The first-order valence-electron chi connectivity index (χ1n) is 24.1. The van der Waals surface area contributed by atoms with Crippen molar-refractivity contribution in [2.75, 3.05) is 0 Å². The third-order valence-corrected chi connectivity index (χ3v) is 16.3. The van der Waals surface area contributed by atoms with Crippen molar-refractivity contribution in [3.63, 3.8) is 0 Å². The Labute approximate surface area is 390 Å². The summed E-state index contributed by atoms with van der Waals surface area (Å²) in [6, 6.07) is 61.9. The van der Waals surface area contributed by atoms with Gasteiger partial charge in [0.25, 0.3) is 0 Å². The van der Waals surface area contributed by atoms with Crippen molar-refractivity contribution < 1.29 is 0 Å². The van der Waals surface area contributed by atoms with Crippen LogP contribution in [0.25, 0.3) is 110 Å². The van der Waals surface area contributed by atoms with E-state index in [0.29, 0.717) is 0 Å². The molecule has 0 saturated heterocycles. The van der Waals surface area contributed by atoms with E-state index in [9.17, 15) is 0 Å². The number of hydrogen-bond donors (Lipinski definition) is 0. The van der Waals surface area contributed by atoms with Crippen LogP contribution in [0, 0.1) is 0 Å². The molecule has 10 aromatic rings. The number of fused-ring (bicyclic) bond motifs is 13. The van der Waals surface area contributed by atoms with Crippen molar-refractivity contribution in [2.24, 2.45) is 0 Å². The van der Waals surface area contributed by atoms with Gasteiger partial charge in [-0.25, -0.2) is 0 Å². The zero-order valence-electron chi connectivity index (χ0n) is 40.0. The molecule has 3 aliphatic rings. The van der Waals surface area contributed by atoms with Crippen molar-refractivity contribution >= 4 is 43.1 Å². The van der Waals surface area contributed by atoms with Gasteiger partial charge in [-0.1, -0.05) is 197 Å². The maximum absolute atomic E-state index is 2.57. The van der Waals surface area contributed by atoms with Gasteiger partial charge in [0.15, 0.2) is 0 Å². The third-order valence-electron chi connectivity index (χ3n) is 16.3. The molecule has 0 aliphatic heterocycles. The van der Waals surface area contributed by atoms with Crippen LogP contribution in [0.1, 0.15) is 103 Å². The average Bonchev–Trinajstić information content (AvgIpc) is 3.83. The summed E-state index contributed by atoms with van der Waals surface area (Å²) in [4.78, 5) is 0. The van der Waals surface area contributed by atoms with Crippen molar-refractivity contribution in [1.29, 1.82) is 0 Å². The second kappa shape index (κ2) is 13.0. The van der Waals surface area contributed by atoms with Gasteiger partial charge >= 0.3 is 0 Å². The predicted octanol–water partition coefficient (Wildman–Crippen LogP) is 18.5. The highest BCUT2D eigenvalue weighted by atomic mass is 14.4. The lowest BCUT2D eigenvalue weighted by atomic mass is 9.77. The van der Waals surface area contributed by atoms with E-state index in [2.05, 4.69) is 227 Å². The van der Waals surface area contributed by atoms with Gasteiger partial charge in [0.05, 0.1) is 0 Å². The first kappa shape index (κ1) is 39.6. The Balaban J connectivity index is 1.15. The lowest BCUT2D eigenvalue weighted by molar-refractivity contribution is 0.584. The van der Waals surface area contributed by atoms with Crippen molar-refractivity contribution in [1.82, 2.24) is 0 Å². The average molecular weight is 849 g/mol. The monoisotopic (exact) mass is 848 g/mol. The van der Waals surface area contributed by atoms with Crippen LogP contribution < -0.4 is 0 Å². The van der Waals surface area contributed by atoms with Crippen LogP contribution in [-0.4, -0.2) is 0 Å². The molecule has 0 amide bonds. The van der Waals surface area contributed by atoms with Crippen LogP contribution in [0.4, 0.5) is 0 Å². The molecule has 66 heavy (non-hydrogen) atoms. The predicted molar refractivity (Wildman–Crippen MR) is 284 cm³/mol. The molecule has 0 heteroatoms. The number of benzene rings is 10. The standard InChI is InChI=1S/C66H56/c1-63(2,3)42-24-28-47-45-26-22-40(33-54(45)65(7,8)56(47)35-42)58-51-30-37-16-11-12-17-38(37)31-52(51)59(62-53-32-39-18-13-14-19-44(39)49-20-15-21-50(60(49)53)61(58)62)41-23-27-46-48-29-25-43(64(4,5)6)36-57(48)66(9,10)55(46)34-41/h11-36H,1-10H3. The van der Waals surface area contributed by atoms with E-state index in [1.165, 1.54) is 143 Å². The summed E-state index contributed by atoms with van der Waals surface area (Å²) >= 11 is 0. The van der Waals surface area contributed by atoms with Gasteiger partial charge in [0.2, 0.25) is 0 Å². The molecule has 0 atom stereocenters. The molecule has 0 aromatic heterocycles. The summed E-state index contributed by atoms with van der Waals surface area (Å²) in [5.41, 5.74) is 24.3. The SMILES string of the molecule is CC(C)(C)c1ccc2c(c1)C(C)(C)c1cc(-c3c4c(c(-c5ccc6c(c5)C(C)(C)c5cc(C(C)(C)C)ccc5-6)c5cc6ccccc6cc35)-c3cc5ccccc5c5cccc-4c35)ccc1-2. The molecule has 0 heterocycles. The fraction of sp³-hybridized carbons (Fsp3) is 0.212. The molecular weight excluding hydrogens is 793 g/mol. The molecule has 0 saturated carbocycles. The van der Waals surface area contributed by atoms with Gasteiger partial charge in [-0.15, -0.1) is 0 Å². The molecule has 0 N–H and O–H groups in total. The van der Waals surface area contributed by atoms with Crippen LogP contribution in [-0.2, 0) is 21.7 Å². The molecule has 0 fully saturated rings. The summed E-state index contributed by atoms with van der Waals surface area (Å²) < 4.78 is 0. The highest BCUT2D eigenvalue weighted by Crippen LogP contribution is 2.61. The highest BCUT2D eigenvalue weighted by Gasteiger charge is 2.40. The van der Waals surface area contributed by atoms with Crippen LogP contribution in [0.3, 0.4) is 0 Å². The van der Waals surface area contributed by atoms with Gasteiger partial charge in [-0.3, -0.25) is 0 Å². The molecule has 0 nitrogen and oxygen atoms in total. The first-order valence-corrected chi connectivity index (χ1v) is 24.1. The van der Waals surface area contributed by atoms with E-state index in [0.717, 1.165) is 0 Å². The second-order valence-electron chi connectivity index (χ2n) is 22.9. The molecule has 0 bridgehead atoms.